The molecule has 0 amide bonds. The molecule has 0 aliphatic carbocycles. The van der Waals surface area contributed by atoms with E-state index < -0.39 is 21.9 Å². The zero-order valence-corrected chi connectivity index (χ0v) is 14.7. The molecule has 1 aromatic rings. The Balaban J connectivity index is 1.87. The minimum Gasteiger partial charge on any atom is -0.481 e. The summed E-state index contributed by atoms with van der Waals surface area (Å²) in [7, 11) is -3.50. The lowest BCUT2D eigenvalue weighted by Crippen LogP contribution is -2.39. The fourth-order valence-corrected chi connectivity index (χ4v) is 3.95. The molecule has 1 fully saturated rings. The van der Waals surface area contributed by atoms with Gasteiger partial charge in [0.2, 0.25) is 10.0 Å². The number of hydrogen-bond acceptors (Lipinski definition) is 4. The number of carboxylic acid groups (broad SMARTS) is 1. The molecule has 1 aromatic carbocycles. The number of benzene rings is 1. The summed E-state index contributed by atoms with van der Waals surface area (Å²) in [6.45, 7) is 2.99. The maximum Gasteiger partial charge on any atom is 0.308 e. The predicted octanol–water partition coefficient (Wildman–Crippen LogP) is 1.58. The molecule has 1 atom stereocenters. The summed E-state index contributed by atoms with van der Waals surface area (Å²) in [5.74, 6) is -1.75. The molecule has 1 saturated heterocycles. The number of carbonyl (C=O) groups is 1. The van der Waals surface area contributed by atoms with E-state index in [-0.39, 0.29) is 18.2 Å². The van der Waals surface area contributed by atoms with E-state index in [4.69, 9.17) is 4.74 Å². The molecule has 2 N–H and O–H groups in total. The molecule has 1 aliphatic rings. The number of sulfonamides is 1. The first kappa shape index (κ1) is 18.9. The molecule has 0 radical (unpaired) electrons. The first-order valence-electron chi connectivity index (χ1n) is 8.21. The van der Waals surface area contributed by atoms with Crippen molar-refractivity contribution in [3.63, 3.8) is 0 Å². The van der Waals surface area contributed by atoms with Gasteiger partial charge in [0.1, 0.15) is 0 Å². The molecule has 0 spiro atoms. The van der Waals surface area contributed by atoms with Crippen LogP contribution >= 0.6 is 0 Å². The second-order valence-corrected chi connectivity index (χ2v) is 8.22. The zero-order chi connectivity index (χ0) is 17.6. The second-order valence-electron chi connectivity index (χ2n) is 6.30. The minimum absolute atomic E-state index is 0.0453. The molecule has 2 rings (SSSR count). The number of ether oxygens (including phenoxy) is 1. The second kappa shape index (κ2) is 8.60. The summed E-state index contributed by atoms with van der Waals surface area (Å²) in [6.07, 6.45) is 1.72. The van der Waals surface area contributed by atoms with Crippen molar-refractivity contribution in [2.24, 2.45) is 11.8 Å². The number of rotatable bonds is 8. The van der Waals surface area contributed by atoms with Crippen LogP contribution in [0.4, 0.5) is 0 Å². The largest absolute Gasteiger partial charge is 0.481 e. The van der Waals surface area contributed by atoms with Gasteiger partial charge in [-0.15, -0.1) is 0 Å². The summed E-state index contributed by atoms with van der Waals surface area (Å²) < 4.78 is 32.0. The third-order valence-electron chi connectivity index (χ3n) is 4.46. The number of hydrogen-bond donors (Lipinski definition) is 2. The molecular formula is C17H25NO5S. The Hall–Kier alpha value is -1.44. The number of nitrogens with one attached hydrogen (secondary N) is 1. The van der Waals surface area contributed by atoms with Gasteiger partial charge in [-0.25, -0.2) is 13.1 Å². The van der Waals surface area contributed by atoms with Crippen LogP contribution in [-0.4, -0.2) is 45.0 Å². The van der Waals surface area contributed by atoms with Crippen molar-refractivity contribution in [1.82, 2.24) is 4.72 Å². The van der Waals surface area contributed by atoms with Crippen molar-refractivity contribution in [3.05, 3.63) is 35.4 Å². The van der Waals surface area contributed by atoms with Gasteiger partial charge in [-0.1, -0.05) is 29.8 Å². The Morgan fingerprint density at radius 2 is 1.92 bits per heavy atom. The van der Waals surface area contributed by atoms with E-state index in [1.807, 2.05) is 31.2 Å². The lowest BCUT2D eigenvalue weighted by molar-refractivity contribution is -0.144. The lowest BCUT2D eigenvalue weighted by Gasteiger charge is -2.27. The number of aryl methyl sites for hydroxylation is 2. The maximum absolute atomic E-state index is 12.2. The number of aliphatic carboxylic acids is 1. The van der Waals surface area contributed by atoms with Gasteiger partial charge in [-0.2, -0.15) is 0 Å². The van der Waals surface area contributed by atoms with E-state index in [0.717, 1.165) is 11.1 Å². The highest BCUT2D eigenvalue weighted by molar-refractivity contribution is 7.89. The first-order chi connectivity index (χ1) is 11.4. The van der Waals surface area contributed by atoms with Crippen LogP contribution < -0.4 is 4.72 Å². The van der Waals surface area contributed by atoms with Crippen LogP contribution in [0.15, 0.2) is 24.3 Å². The van der Waals surface area contributed by atoms with Crippen molar-refractivity contribution in [2.75, 3.05) is 25.5 Å². The molecule has 0 saturated carbocycles. The van der Waals surface area contributed by atoms with E-state index >= 15 is 0 Å². The van der Waals surface area contributed by atoms with E-state index in [0.29, 0.717) is 32.5 Å². The fourth-order valence-electron chi connectivity index (χ4n) is 2.87. The third kappa shape index (κ3) is 5.89. The van der Waals surface area contributed by atoms with E-state index in [1.165, 1.54) is 0 Å². The van der Waals surface area contributed by atoms with Gasteiger partial charge < -0.3 is 9.84 Å². The van der Waals surface area contributed by atoms with Gasteiger partial charge in [0, 0.05) is 19.8 Å². The van der Waals surface area contributed by atoms with Crippen molar-refractivity contribution >= 4 is 16.0 Å². The molecule has 1 heterocycles. The summed E-state index contributed by atoms with van der Waals surface area (Å²) >= 11 is 0. The van der Waals surface area contributed by atoms with Crippen molar-refractivity contribution in [1.29, 1.82) is 0 Å². The molecule has 6 nitrogen and oxygen atoms in total. The Morgan fingerprint density at radius 1 is 1.29 bits per heavy atom. The van der Waals surface area contributed by atoms with Crippen molar-refractivity contribution < 1.29 is 23.1 Å². The van der Waals surface area contributed by atoms with Gasteiger partial charge in [-0.3, -0.25) is 4.79 Å². The molecule has 1 unspecified atom stereocenters. The SMILES string of the molecule is Cc1ccc(CCS(=O)(=O)NCC(C(=O)O)C2CCOCC2)cc1. The standard InChI is InChI=1S/C17H25NO5S/c1-13-2-4-14(5-3-13)8-11-24(21,22)18-12-16(17(19)20)15-6-9-23-10-7-15/h2-5,15-16,18H,6-12H2,1H3,(H,19,20). The van der Waals surface area contributed by atoms with E-state index in [1.54, 1.807) is 0 Å². The topological polar surface area (TPSA) is 92.7 Å². The molecule has 24 heavy (non-hydrogen) atoms. The van der Waals surface area contributed by atoms with Crippen LogP contribution in [0.5, 0.6) is 0 Å². The highest BCUT2D eigenvalue weighted by Crippen LogP contribution is 2.24. The lowest BCUT2D eigenvalue weighted by atomic mass is 9.86. The van der Waals surface area contributed by atoms with Crippen LogP contribution in [-0.2, 0) is 26.0 Å². The van der Waals surface area contributed by atoms with Gasteiger partial charge in [0.25, 0.3) is 0 Å². The normalized spacial score (nSPS) is 17.5. The average Bonchev–Trinajstić information content (AvgIpc) is 2.55. The molecule has 1 aliphatic heterocycles. The van der Waals surface area contributed by atoms with Gasteiger partial charge in [0.05, 0.1) is 11.7 Å². The van der Waals surface area contributed by atoms with E-state index in [2.05, 4.69) is 4.72 Å². The quantitative estimate of drug-likeness (QED) is 0.739. The van der Waals surface area contributed by atoms with Crippen LogP contribution in [0.25, 0.3) is 0 Å². The van der Waals surface area contributed by atoms with E-state index in [9.17, 15) is 18.3 Å². The Labute approximate surface area is 143 Å². The predicted molar refractivity (Wildman–Crippen MR) is 91.3 cm³/mol. The Kier molecular flexibility index (Phi) is 6.77. The first-order valence-corrected chi connectivity index (χ1v) is 9.86. The van der Waals surface area contributed by atoms with Crippen molar-refractivity contribution in [2.45, 2.75) is 26.2 Å². The Morgan fingerprint density at radius 3 is 2.50 bits per heavy atom. The smallest absolute Gasteiger partial charge is 0.308 e. The Bertz CT molecular complexity index is 635. The summed E-state index contributed by atoms with van der Waals surface area (Å²) in [5.41, 5.74) is 2.07. The summed E-state index contributed by atoms with van der Waals surface area (Å²) in [4.78, 5) is 11.5. The monoisotopic (exact) mass is 355 g/mol. The van der Waals surface area contributed by atoms with Gasteiger partial charge >= 0.3 is 5.97 Å². The summed E-state index contributed by atoms with van der Waals surface area (Å²) in [6, 6.07) is 7.71. The molecular weight excluding hydrogens is 330 g/mol. The van der Waals surface area contributed by atoms with Gasteiger partial charge in [0.15, 0.2) is 0 Å². The van der Waals surface area contributed by atoms with Crippen LogP contribution in [0.3, 0.4) is 0 Å². The molecule has 0 aromatic heterocycles. The van der Waals surface area contributed by atoms with Crippen LogP contribution in [0.1, 0.15) is 24.0 Å². The number of carboxylic acids is 1. The minimum atomic E-state index is -3.50. The third-order valence-corrected chi connectivity index (χ3v) is 5.80. The maximum atomic E-state index is 12.2. The molecule has 7 heteroatoms. The highest BCUT2D eigenvalue weighted by atomic mass is 32.2. The highest BCUT2D eigenvalue weighted by Gasteiger charge is 2.30. The zero-order valence-electron chi connectivity index (χ0n) is 13.9. The van der Waals surface area contributed by atoms with Crippen LogP contribution in [0.2, 0.25) is 0 Å². The molecule has 134 valence electrons. The fraction of sp³-hybridized carbons (Fsp3) is 0.588. The average molecular weight is 355 g/mol. The molecule has 0 bridgehead atoms. The summed E-state index contributed by atoms with van der Waals surface area (Å²) in [5, 5.41) is 9.38. The van der Waals surface area contributed by atoms with Gasteiger partial charge in [-0.05, 0) is 37.7 Å². The van der Waals surface area contributed by atoms with Crippen LogP contribution in [0, 0.1) is 18.8 Å². The van der Waals surface area contributed by atoms with Crippen molar-refractivity contribution in [3.8, 4) is 0 Å².